The average molecular weight is 325 g/mol. The van der Waals surface area contributed by atoms with Crippen molar-refractivity contribution in [2.45, 2.75) is 40.2 Å². The molecule has 1 aliphatic rings. The van der Waals surface area contributed by atoms with Gasteiger partial charge in [0.2, 0.25) is 5.91 Å². The molecule has 0 radical (unpaired) electrons. The lowest BCUT2D eigenvalue weighted by Crippen LogP contribution is -2.49. The van der Waals surface area contributed by atoms with Gasteiger partial charge in [-0.1, -0.05) is 12.1 Å². The summed E-state index contributed by atoms with van der Waals surface area (Å²) in [6, 6.07) is -0.392. The normalized spacial score (nSPS) is 17.8. The van der Waals surface area contributed by atoms with Crippen LogP contribution in [0, 0.1) is 6.92 Å². The Kier molecular flexibility index (Phi) is 5.50. The molecule has 0 saturated carbocycles. The average Bonchev–Trinajstić information content (AvgIpc) is 3.14. The zero-order valence-electron chi connectivity index (χ0n) is 13.6. The lowest BCUT2D eigenvalue weighted by molar-refractivity contribution is -0.134. The van der Waals surface area contributed by atoms with Gasteiger partial charge in [0.15, 0.2) is 0 Å². The second-order valence-corrected chi connectivity index (χ2v) is 6.21. The van der Waals surface area contributed by atoms with E-state index in [9.17, 15) is 9.59 Å². The van der Waals surface area contributed by atoms with Gasteiger partial charge in [-0.25, -0.2) is 0 Å². The molecule has 0 bridgehead atoms. The molecule has 1 aliphatic heterocycles. The molecule has 1 fully saturated rings. The highest BCUT2D eigenvalue weighted by Crippen LogP contribution is 2.27. The van der Waals surface area contributed by atoms with Crippen molar-refractivity contribution in [3.05, 3.63) is 17.0 Å². The lowest BCUT2D eigenvalue weighted by Gasteiger charge is -2.28. The predicted molar refractivity (Wildman–Crippen MR) is 85.8 cm³/mol. The van der Waals surface area contributed by atoms with Gasteiger partial charge >= 0.3 is 0 Å². The minimum atomic E-state index is -0.392. The minimum absolute atomic E-state index is 0.0236. The maximum absolute atomic E-state index is 12.9. The molecule has 2 amide bonds. The van der Waals surface area contributed by atoms with Crippen molar-refractivity contribution in [3.63, 3.8) is 0 Å². The SMILES string of the molecule is CCc1noc(C)c1C(=O)N1CSC[C@@H]1C(=O)N(CC)CC. The number of aromatic nitrogens is 1. The summed E-state index contributed by atoms with van der Waals surface area (Å²) in [5.41, 5.74) is 1.18. The molecule has 6 nitrogen and oxygen atoms in total. The van der Waals surface area contributed by atoms with Gasteiger partial charge < -0.3 is 14.3 Å². The maximum Gasteiger partial charge on any atom is 0.260 e. The van der Waals surface area contributed by atoms with Gasteiger partial charge in [-0.15, -0.1) is 11.8 Å². The van der Waals surface area contributed by atoms with E-state index in [0.29, 0.717) is 48.2 Å². The van der Waals surface area contributed by atoms with E-state index in [0.717, 1.165) is 0 Å². The first-order valence-corrected chi connectivity index (χ1v) is 8.83. The molecule has 0 aliphatic carbocycles. The van der Waals surface area contributed by atoms with Crippen LogP contribution in [0.4, 0.5) is 0 Å². The molecular formula is C15H23N3O3S. The summed E-state index contributed by atoms with van der Waals surface area (Å²) in [6.45, 7) is 8.90. The van der Waals surface area contributed by atoms with Crippen LogP contribution in [-0.4, -0.2) is 57.5 Å². The predicted octanol–water partition coefficient (Wildman–Crippen LogP) is 1.93. The van der Waals surface area contributed by atoms with Crippen molar-refractivity contribution in [1.82, 2.24) is 15.0 Å². The second kappa shape index (κ2) is 7.17. The third-order valence-corrected chi connectivity index (χ3v) is 5.00. The van der Waals surface area contributed by atoms with Gasteiger partial charge in [0, 0.05) is 18.8 Å². The Balaban J connectivity index is 2.25. The molecule has 1 atom stereocenters. The maximum atomic E-state index is 12.9. The van der Waals surface area contributed by atoms with Crippen LogP contribution >= 0.6 is 11.8 Å². The largest absolute Gasteiger partial charge is 0.361 e. The number of likely N-dealkylation sites (N-methyl/N-ethyl adjacent to an activating group) is 1. The van der Waals surface area contributed by atoms with E-state index in [1.54, 1.807) is 28.5 Å². The molecule has 22 heavy (non-hydrogen) atoms. The van der Waals surface area contributed by atoms with Crippen LogP contribution in [0.5, 0.6) is 0 Å². The number of amides is 2. The summed E-state index contributed by atoms with van der Waals surface area (Å²) in [6.07, 6.45) is 0.633. The number of nitrogens with zero attached hydrogens (tertiary/aromatic N) is 3. The molecule has 122 valence electrons. The van der Waals surface area contributed by atoms with E-state index in [1.807, 2.05) is 20.8 Å². The standard InChI is InChI=1S/C15H23N3O3S/c1-5-11-13(10(4)21-16-11)15(20)18-9-22-8-12(18)14(19)17(6-2)7-3/h12H,5-9H2,1-4H3/t12-/m1/s1. The Morgan fingerprint density at radius 3 is 2.64 bits per heavy atom. The van der Waals surface area contributed by atoms with E-state index in [1.165, 1.54) is 0 Å². The zero-order valence-corrected chi connectivity index (χ0v) is 14.4. The van der Waals surface area contributed by atoms with Crippen LogP contribution in [0.2, 0.25) is 0 Å². The molecule has 1 aromatic rings. The molecule has 0 spiro atoms. The minimum Gasteiger partial charge on any atom is -0.361 e. The number of hydrogen-bond donors (Lipinski definition) is 0. The topological polar surface area (TPSA) is 66.7 Å². The molecule has 1 saturated heterocycles. The molecular weight excluding hydrogens is 302 g/mol. The molecule has 1 aromatic heterocycles. The van der Waals surface area contributed by atoms with E-state index in [-0.39, 0.29) is 11.8 Å². The first-order chi connectivity index (χ1) is 10.5. The Morgan fingerprint density at radius 2 is 2.05 bits per heavy atom. The molecule has 0 aromatic carbocycles. The van der Waals surface area contributed by atoms with Crippen molar-refractivity contribution in [1.29, 1.82) is 0 Å². The van der Waals surface area contributed by atoms with Gasteiger partial charge in [0.25, 0.3) is 5.91 Å². The van der Waals surface area contributed by atoms with Crippen LogP contribution in [0.15, 0.2) is 4.52 Å². The summed E-state index contributed by atoms with van der Waals surface area (Å²) in [7, 11) is 0. The van der Waals surface area contributed by atoms with Gasteiger partial charge in [-0.2, -0.15) is 0 Å². The Hall–Kier alpha value is -1.50. The molecule has 7 heteroatoms. The number of hydrogen-bond acceptors (Lipinski definition) is 5. The van der Waals surface area contributed by atoms with Crippen molar-refractivity contribution in [2.24, 2.45) is 0 Å². The quantitative estimate of drug-likeness (QED) is 0.827. The van der Waals surface area contributed by atoms with Crippen molar-refractivity contribution >= 4 is 23.6 Å². The first kappa shape index (κ1) is 16.9. The van der Waals surface area contributed by atoms with Crippen molar-refractivity contribution < 1.29 is 14.1 Å². The number of carbonyl (C=O) groups is 2. The van der Waals surface area contributed by atoms with Gasteiger partial charge in [-0.3, -0.25) is 9.59 Å². The Bertz CT molecular complexity index is 554. The summed E-state index contributed by atoms with van der Waals surface area (Å²) >= 11 is 1.61. The smallest absolute Gasteiger partial charge is 0.260 e. The molecule has 2 rings (SSSR count). The fourth-order valence-electron chi connectivity index (χ4n) is 2.67. The monoisotopic (exact) mass is 325 g/mol. The van der Waals surface area contributed by atoms with Crippen LogP contribution in [0.3, 0.4) is 0 Å². The van der Waals surface area contributed by atoms with Crippen molar-refractivity contribution in [2.75, 3.05) is 24.7 Å². The third-order valence-electron chi connectivity index (χ3n) is 3.99. The summed E-state index contributed by atoms with van der Waals surface area (Å²) in [5, 5.41) is 3.94. The second-order valence-electron chi connectivity index (χ2n) is 5.22. The highest BCUT2D eigenvalue weighted by Gasteiger charge is 2.38. The van der Waals surface area contributed by atoms with Crippen LogP contribution in [0.25, 0.3) is 0 Å². The number of carbonyl (C=O) groups excluding carboxylic acids is 2. The van der Waals surface area contributed by atoms with Gasteiger partial charge in [-0.05, 0) is 27.2 Å². The number of thioether (sulfide) groups is 1. The highest BCUT2D eigenvalue weighted by molar-refractivity contribution is 7.99. The van der Waals surface area contributed by atoms with E-state index >= 15 is 0 Å². The Morgan fingerprint density at radius 1 is 1.36 bits per heavy atom. The zero-order chi connectivity index (χ0) is 16.3. The van der Waals surface area contributed by atoms with Gasteiger partial charge in [0.05, 0.1) is 11.6 Å². The van der Waals surface area contributed by atoms with E-state index in [4.69, 9.17) is 4.52 Å². The fourth-order valence-corrected chi connectivity index (χ4v) is 3.82. The van der Waals surface area contributed by atoms with Crippen LogP contribution in [-0.2, 0) is 11.2 Å². The number of rotatable bonds is 5. The van der Waals surface area contributed by atoms with Gasteiger partial charge in [0.1, 0.15) is 17.4 Å². The third kappa shape index (κ3) is 2.99. The fraction of sp³-hybridized carbons (Fsp3) is 0.667. The summed E-state index contributed by atoms with van der Waals surface area (Å²) < 4.78 is 5.15. The molecule has 0 N–H and O–H groups in total. The Labute approximate surface area is 135 Å². The van der Waals surface area contributed by atoms with Crippen LogP contribution in [0.1, 0.15) is 42.6 Å². The molecule has 2 heterocycles. The first-order valence-electron chi connectivity index (χ1n) is 7.67. The van der Waals surface area contributed by atoms with E-state index in [2.05, 4.69) is 5.16 Å². The lowest BCUT2D eigenvalue weighted by atomic mass is 10.1. The summed E-state index contributed by atoms with van der Waals surface area (Å²) in [5.74, 6) is 1.58. The van der Waals surface area contributed by atoms with Crippen molar-refractivity contribution in [3.8, 4) is 0 Å². The highest BCUT2D eigenvalue weighted by atomic mass is 32.2. The van der Waals surface area contributed by atoms with Crippen LogP contribution < -0.4 is 0 Å². The van der Waals surface area contributed by atoms with E-state index < -0.39 is 6.04 Å². The summed E-state index contributed by atoms with van der Waals surface area (Å²) in [4.78, 5) is 28.9. The molecule has 0 unspecified atom stereocenters. The number of aryl methyl sites for hydroxylation is 2.